The summed E-state index contributed by atoms with van der Waals surface area (Å²) in [5.41, 5.74) is 6.20. The van der Waals surface area contributed by atoms with Gasteiger partial charge in [-0.05, 0) is 44.2 Å². The van der Waals surface area contributed by atoms with E-state index >= 15 is 0 Å². The number of ether oxygens (including phenoxy) is 1. The largest absolute Gasteiger partial charge is 0.487 e. The molecule has 8 heteroatoms. The molecular formula is C17H17Cl2N3O3. The molecule has 3 amide bonds. The van der Waals surface area contributed by atoms with Crippen LogP contribution in [-0.4, -0.2) is 18.0 Å². The Kier molecular flexibility index (Phi) is 6.12. The van der Waals surface area contributed by atoms with E-state index in [0.29, 0.717) is 22.1 Å². The predicted molar refractivity (Wildman–Crippen MR) is 99.8 cm³/mol. The van der Waals surface area contributed by atoms with Crippen LogP contribution in [0, 0.1) is 0 Å². The number of primary amides is 1. The number of halogens is 2. The van der Waals surface area contributed by atoms with Crippen molar-refractivity contribution in [1.29, 1.82) is 0 Å². The summed E-state index contributed by atoms with van der Waals surface area (Å²) in [6.07, 6.45) is -0.108. The first-order valence-electron chi connectivity index (χ1n) is 7.40. The van der Waals surface area contributed by atoms with Gasteiger partial charge in [-0.1, -0.05) is 29.3 Å². The number of carbonyl (C=O) groups is 2. The Balaban J connectivity index is 2.14. The summed E-state index contributed by atoms with van der Waals surface area (Å²) in [4.78, 5) is 23.4. The summed E-state index contributed by atoms with van der Waals surface area (Å²) in [5.74, 6) is -0.258. The molecule has 0 fully saturated rings. The van der Waals surface area contributed by atoms with Crippen LogP contribution in [0.1, 0.15) is 24.2 Å². The monoisotopic (exact) mass is 381 g/mol. The lowest BCUT2D eigenvalue weighted by molar-refractivity contribution is 0.100. The van der Waals surface area contributed by atoms with Gasteiger partial charge in [0.1, 0.15) is 0 Å². The number of amides is 3. The highest BCUT2D eigenvalue weighted by Crippen LogP contribution is 2.33. The topological polar surface area (TPSA) is 93.4 Å². The van der Waals surface area contributed by atoms with E-state index in [-0.39, 0.29) is 16.7 Å². The zero-order valence-corrected chi connectivity index (χ0v) is 15.1. The van der Waals surface area contributed by atoms with Crippen molar-refractivity contribution in [3.8, 4) is 5.75 Å². The van der Waals surface area contributed by atoms with Gasteiger partial charge < -0.3 is 21.1 Å². The number of benzene rings is 2. The second-order valence-electron chi connectivity index (χ2n) is 5.42. The summed E-state index contributed by atoms with van der Waals surface area (Å²) >= 11 is 12.1. The summed E-state index contributed by atoms with van der Waals surface area (Å²) < 4.78 is 5.64. The Labute approximate surface area is 155 Å². The van der Waals surface area contributed by atoms with Gasteiger partial charge in [0.25, 0.3) is 0 Å². The van der Waals surface area contributed by atoms with Crippen molar-refractivity contribution in [2.45, 2.75) is 20.0 Å². The Hall–Kier alpha value is -2.44. The fraction of sp³-hybridized carbons (Fsp3) is 0.176. The zero-order valence-electron chi connectivity index (χ0n) is 13.6. The predicted octanol–water partition coefficient (Wildman–Crippen LogP) is 4.52. The minimum absolute atomic E-state index is 0.108. The molecule has 0 atom stereocenters. The number of nitrogens with one attached hydrogen (secondary N) is 2. The van der Waals surface area contributed by atoms with Crippen LogP contribution in [0.3, 0.4) is 0 Å². The molecule has 6 nitrogen and oxygen atoms in total. The van der Waals surface area contributed by atoms with Gasteiger partial charge >= 0.3 is 6.03 Å². The van der Waals surface area contributed by atoms with Gasteiger partial charge in [0.15, 0.2) is 5.75 Å². The summed E-state index contributed by atoms with van der Waals surface area (Å²) in [6.45, 7) is 3.71. The van der Waals surface area contributed by atoms with E-state index in [1.165, 1.54) is 18.2 Å². The summed E-state index contributed by atoms with van der Waals surface area (Å²) in [7, 11) is 0. The Morgan fingerprint density at radius 3 is 2.40 bits per heavy atom. The lowest BCUT2D eigenvalue weighted by Crippen LogP contribution is -2.21. The second kappa shape index (κ2) is 8.09. The summed E-state index contributed by atoms with van der Waals surface area (Å²) in [5, 5.41) is 5.82. The van der Waals surface area contributed by atoms with E-state index in [4.69, 9.17) is 33.7 Å². The van der Waals surface area contributed by atoms with E-state index in [0.717, 1.165) is 0 Å². The third kappa shape index (κ3) is 5.01. The van der Waals surface area contributed by atoms with Gasteiger partial charge in [0.2, 0.25) is 5.91 Å². The second-order valence-corrected chi connectivity index (χ2v) is 6.24. The van der Waals surface area contributed by atoms with Crippen LogP contribution < -0.4 is 21.1 Å². The molecule has 0 heterocycles. The molecule has 0 aliphatic carbocycles. The number of rotatable bonds is 5. The Bertz CT molecular complexity index is 810. The number of para-hydroxylation sites is 1. The number of carbonyl (C=O) groups excluding carboxylic acids is 2. The maximum atomic E-state index is 12.2. The molecule has 0 aromatic heterocycles. The van der Waals surface area contributed by atoms with Crippen molar-refractivity contribution >= 4 is 46.5 Å². The molecule has 0 unspecified atom stereocenters. The quantitative estimate of drug-likeness (QED) is 0.710. The molecule has 2 aromatic carbocycles. The molecule has 0 saturated carbocycles. The van der Waals surface area contributed by atoms with E-state index in [1.807, 2.05) is 13.8 Å². The SMILES string of the molecule is CC(C)Oc1c(Cl)cccc1NC(=O)Nc1ccc(C(N)=O)c(Cl)c1. The van der Waals surface area contributed by atoms with Gasteiger partial charge in [0, 0.05) is 5.69 Å². The van der Waals surface area contributed by atoms with Crippen molar-refractivity contribution in [3.05, 3.63) is 52.0 Å². The van der Waals surface area contributed by atoms with Crippen molar-refractivity contribution in [2.24, 2.45) is 5.73 Å². The number of hydrogen-bond acceptors (Lipinski definition) is 3. The lowest BCUT2D eigenvalue weighted by atomic mass is 10.2. The van der Waals surface area contributed by atoms with Crippen LogP contribution in [-0.2, 0) is 0 Å². The van der Waals surface area contributed by atoms with Gasteiger partial charge in [-0.2, -0.15) is 0 Å². The number of urea groups is 1. The highest BCUT2D eigenvalue weighted by Gasteiger charge is 2.14. The molecule has 4 N–H and O–H groups in total. The van der Waals surface area contributed by atoms with Crippen LogP contribution >= 0.6 is 23.2 Å². The fourth-order valence-electron chi connectivity index (χ4n) is 2.04. The van der Waals surface area contributed by atoms with Gasteiger partial charge in [-0.15, -0.1) is 0 Å². The molecule has 2 aromatic rings. The van der Waals surface area contributed by atoms with Crippen LogP contribution in [0.4, 0.5) is 16.2 Å². The molecule has 0 radical (unpaired) electrons. The van der Waals surface area contributed by atoms with E-state index in [9.17, 15) is 9.59 Å². The average molecular weight is 382 g/mol. The van der Waals surface area contributed by atoms with Crippen molar-refractivity contribution in [2.75, 3.05) is 10.6 Å². The van der Waals surface area contributed by atoms with Gasteiger partial charge in [-0.25, -0.2) is 4.79 Å². The molecular weight excluding hydrogens is 365 g/mol. The lowest BCUT2D eigenvalue weighted by Gasteiger charge is -2.16. The molecule has 0 spiro atoms. The Morgan fingerprint density at radius 1 is 1.08 bits per heavy atom. The molecule has 0 bridgehead atoms. The first-order chi connectivity index (χ1) is 11.8. The molecule has 0 aliphatic heterocycles. The first-order valence-corrected chi connectivity index (χ1v) is 8.16. The van der Waals surface area contributed by atoms with E-state index in [1.54, 1.807) is 18.2 Å². The summed E-state index contributed by atoms with van der Waals surface area (Å²) in [6, 6.07) is 8.92. The van der Waals surface area contributed by atoms with E-state index < -0.39 is 11.9 Å². The molecule has 0 aliphatic rings. The molecule has 132 valence electrons. The fourth-order valence-corrected chi connectivity index (χ4v) is 2.53. The highest BCUT2D eigenvalue weighted by molar-refractivity contribution is 6.34. The van der Waals surface area contributed by atoms with Crippen LogP contribution in [0.2, 0.25) is 10.0 Å². The standard InChI is InChI=1S/C17H17Cl2N3O3/c1-9(2)25-15-12(18)4-3-5-14(15)22-17(24)21-10-6-7-11(16(20)23)13(19)8-10/h3-9H,1-2H3,(H2,20,23)(H2,21,22,24). The Morgan fingerprint density at radius 2 is 1.80 bits per heavy atom. The zero-order chi connectivity index (χ0) is 18.6. The minimum atomic E-state index is -0.643. The van der Waals surface area contributed by atoms with Crippen molar-refractivity contribution in [3.63, 3.8) is 0 Å². The van der Waals surface area contributed by atoms with Crippen LogP contribution in [0.5, 0.6) is 5.75 Å². The maximum Gasteiger partial charge on any atom is 0.323 e. The first kappa shape index (κ1) is 18.9. The number of nitrogens with two attached hydrogens (primary N) is 1. The molecule has 2 rings (SSSR count). The van der Waals surface area contributed by atoms with Gasteiger partial charge in [-0.3, -0.25) is 4.79 Å². The smallest absolute Gasteiger partial charge is 0.323 e. The molecule has 0 saturated heterocycles. The third-order valence-corrected chi connectivity index (χ3v) is 3.67. The van der Waals surface area contributed by atoms with Crippen molar-refractivity contribution in [1.82, 2.24) is 0 Å². The highest BCUT2D eigenvalue weighted by atomic mass is 35.5. The van der Waals surface area contributed by atoms with Gasteiger partial charge in [0.05, 0.1) is 27.4 Å². The van der Waals surface area contributed by atoms with Crippen LogP contribution in [0.15, 0.2) is 36.4 Å². The average Bonchev–Trinajstić information content (AvgIpc) is 2.50. The number of anilines is 2. The molecule has 25 heavy (non-hydrogen) atoms. The van der Waals surface area contributed by atoms with Crippen molar-refractivity contribution < 1.29 is 14.3 Å². The van der Waals surface area contributed by atoms with E-state index in [2.05, 4.69) is 10.6 Å². The van der Waals surface area contributed by atoms with Crippen LogP contribution in [0.25, 0.3) is 0 Å². The third-order valence-electron chi connectivity index (χ3n) is 3.06. The number of hydrogen-bond donors (Lipinski definition) is 3. The minimum Gasteiger partial charge on any atom is -0.487 e. The normalized spacial score (nSPS) is 10.4. The maximum absolute atomic E-state index is 12.2.